The third-order valence-corrected chi connectivity index (χ3v) is 4.16. The largest absolute Gasteiger partial charge is 0.465 e. The Kier molecular flexibility index (Phi) is 7.10. The molecule has 2 aromatic carbocycles. The minimum Gasteiger partial charge on any atom is -0.465 e. The Labute approximate surface area is 173 Å². The molecule has 0 aliphatic heterocycles. The van der Waals surface area contributed by atoms with E-state index in [0.29, 0.717) is 5.56 Å². The maximum atomic E-state index is 13.1. The first-order valence-corrected chi connectivity index (χ1v) is 8.44. The third kappa shape index (κ3) is 5.42. The Balaban J connectivity index is 2.33. The summed E-state index contributed by atoms with van der Waals surface area (Å²) in [6, 6.07) is 11.5. The van der Waals surface area contributed by atoms with Gasteiger partial charge in [0.1, 0.15) is 11.9 Å². The molecular formula is C18H10Cl2FN5O3. The summed E-state index contributed by atoms with van der Waals surface area (Å²) in [6.07, 6.45) is -1.64. The van der Waals surface area contributed by atoms with E-state index in [0.717, 1.165) is 0 Å². The Morgan fingerprint density at radius 2 is 1.72 bits per heavy atom. The fraction of sp³-hybridized carbons (Fsp3) is 0.0556. The van der Waals surface area contributed by atoms with Gasteiger partial charge in [-0.1, -0.05) is 35.3 Å². The van der Waals surface area contributed by atoms with Gasteiger partial charge in [0, 0.05) is 15.6 Å². The molecule has 0 aromatic heterocycles. The number of nitrogens with zero attached hydrogens (tertiary/aromatic N) is 3. The predicted molar refractivity (Wildman–Crippen MR) is 103 cm³/mol. The highest BCUT2D eigenvalue weighted by Gasteiger charge is 2.21. The van der Waals surface area contributed by atoms with Crippen molar-refractivity contribution in [2.45, 2.75) is 5.92 Å². The highest BCUT2D eigenvalue weighted by Crippen LogP contribution is 2.37. The molecule has 0 heterocycles. The van der Waals surface area contributed by atoms with Gasteiger partial charge in [-0.3, -0.25) is 15.5 Å². The summed E-state index contributed by atoms with van der Waals surface area (Å²) in [5, 5.41) is 32.1. The number of imide groups is 1. The first-order chi connectivity index (χ1) is 13.8. The van der Waals surface area contributed by atoms with Crippen molar-refractivity contribution < 1.29 is 19.1 Å². The quantitative estimate of drug-likeness (QED) is 0.482. The predicted octanol–water partition coefficient (Wildman–Crippen LogP) is 3.87. The van der Waals surface area contributed by atoms with E-state index in [9.17, 15) is 19.2 Å². The van der Waals surface area contributed by atoms with Crippen molar-refractivity contribution in [3.63, 3.8) is 0 Å². The topological polar surface area (TPSA) is 138 Å². The summed E-state index contributed by atoms with van der Waals surface area (Å²) >= 11 is 12.5. The summed E-state index contributed by atoms with van der Waals surface area (Å²) in [6.45, 7) is 0. The van der Waals surface area contributed by atoms with Gasteiger partial charge in [-0.05, 0) is 29.8 Å². The van der Waals surface area contributed by atoms with Gasteiger partial charge in [0.25, 0.3) is 5.91 Å². The molecule has 2 amide bonds. The molecule has 0 aliphatic carbocycles. The van der Waals surface area contributed by atoms with Crippen LogP contribution in [-0.4, -0.2) is 22.8 Å². The maximum Gasteiger partial charge on any atom is 0.411 e. The number of amides is 2. The lowest BCUT2D eigenvalue weighted by molar-refractivity contribution is -0.114. The van der Waals surface area contributed by atoms with Gasteiger partial charge in [-0.15, -0.1) is 0 Å². The molecule has 1 atom stereocenters. The first-order valence-electron chi connectivity index (χ1n) is 7.69. The van der Waals surface area contributed by atoms with Crippen LogP contribution in [0, 0.1) is 28.5 Å². The zero-order valence-corrected chi connectivity index (χ0v) is 15.8. The minimum atomic E-state index is -1.64. The van der Waals surface area contributed by atoms with Crippen LogP contribution in [0.25, 0.3) is 0 Å². The summed E-state index contributed by atoms with van der Waals surface area (Å²) < 4.78 is 13.1. The van der Waals surface area contributed by atoms with Crippen LogP contribution in [-0.2, 0) is 4.79 Å². The minimum absolute atomic E-state index is 0.0829. The first kappa shape index (κ1) is 21.6. The maximum absolute atomic E-state index is 13.1. The lowest BCUT2D eigenvalue weighted by atomic mass is 9.92. The highest BCUT2D eigenvalue weighted by molar-refractivity contribution is 6.46. The summed E-state index contributed by atoms with van der Waals surface area (Å²) in [4.78, 5) is 22.0. The molecule has 0 fully saturated rings. The van der Waals surface area contributed by atoms with Crippen LogP contribution in [0.15, 0.2) is 41.5 Å². The van der Waals surface area contributed by atoms with Gasteiger partial charge in [-0.25, -0.2) is 9.18 Å². The van der Waals surface area contributed by atoms with E-state index in [1.807, 2.05) is 0 Å². The number of carboxylic acid groups (broad SMARTS) is 1. The Morgan fingerprint density at radius 3 is 2.21 bits per heavy atom. The third-order valence-electron chi connectivity index (χ3n) is 3.54. The van der Waals surface area contributed by atoms with Crippen LogP contribution in [0.1, 0.15) is 17.0 Å². The smallest absolute Gasteiger partial charge is 0.411 e. The average Bonchev–Trinajstić information content (AvgIpc) is 2.65. The monoisotopic (exact) mass is 433 g/mol. The van der Waals surface area contributed by atoms with Gasteiger partial charge < -0.3 is 5.11 Å². The molecule has 0 bridgehead atoms. The molecule has 0 saturated heterocycles. The number of anilines is 1. The van der Waals surface area contributed by atoms with E-state index < -0.39 is 29.4 Å². The fourth-order valence-corrected chi connectivity index (χ4v) is 2.99. The number of nitrogens with one attached hydrogen (secondary N) is 2. The number of hydrogen-bond acceptors (Lipinski definition) is 6. The molecule has 3 N–H and O–H groups in total. The number of rotatable bonds is 5. The molecule has 0 spiro atoms. The van der Waals surface area contributed by atoms with E-state index in [-0.39, 0.29) is 21.3 Å². The van der Waals surface area contributed by atoms with E-state index >= 15 is 0 Å². The SMILES string of the molecule is N#C/C(=N\Nc1cc(Cl)c(C(C#N)c2ccc(F)cc2)c(Cl)c1)C(=O)NC(=O)O. The number of carbonyl (C=O) groups is 2. The molecule has 0 radical (unpaired) electrons. The molecule has 2 rings (SSSR count). The molecule has 29 heavy (non-hydrogen) atoms. The molecule has 1 unspecified atom stereocenters. The van der Waals surface area contributed by atoms with Gasteiger partial charge in [0.05, 0.1) is 17.7 Å². The Hall–Kier alpha value is -3.66. The van der Waals surface area contributed by atoms with Crippen LogP contribution in [0.4, 0.5) is 14.9 Å². The number of hydrogen-bond donors (Lipinski definition) is 3. The van der Waals surface area contributed by atoms with Crippen molar-refractivity contribution in [1.82, 2.24) is 5.32 Å². The molecule has 8 nitrogen and oxygen atoms in total. The zero-order valence-electron chi connectivity index (χ0n) is 14.3. The van der Waals surface area contributed by atoms with Gasteiger partial charge in [0.15, 0.2) is 0 Å². The van der Waals surface area contributed by atoms with Crippen molar-refractivity contribution in [3.8, 4) is 12.1 Å². The molecule has 11 heteroatoms. The van der Waals surface area contributed by atoms with E-state index in [1.54, 1.807) is 0 Å². The van der Waals surface area contributed by atoms with Crippen LogP contribution < -0.4 is 10.7 Å². The number of halogens is 3. The normalized spacial score (nSPS) is 11.7. The van der Waals surface area contributed by atoms with Crippen molar-refractivity contribution >= 4 is 46.6 Å². The average molecular weight is 434 g/mol. The number of benzene rings is 2. The van der Waals surface area contributed by atoms with E-state index in [1.165, 1.54) is 47.8 Å². The van der Waals surface area contributed by atoms with Crippen LogP contribution >= 0.6 is 23.2 Å². The molecule has 146 valence electrons. The Bertz CT molecular complexity index is 1050. The second kappa shape index (κ2) is 9.51. The summed E-state index contributed by atoms with van der Waals surface area (Å²) in [5.74, 6) is -2.55. The van der Waals surface area contributed by atoms with Crippen molar-refractivity contribution in [2.24, 2.45) is 5.10 Å². The highest BCUT2D eigenvalue weighted by atomic mass is 35.5. The standard InChI is InChI=1S/C18H10Cl2FN5O3/c19-13-5-11(25-26-15(8-23)17(27)24-18(28)29)6-14(20)16(13)12(7-22)9-1-3-10(21)4-2-9/h1-6,12,25H,(H,24,27)(H,28,29)/b26-15+. The van der Waals surface area contributed by atoms with Crippen molar-refractivity contribution in [2.75, 3.05) is 5.43 Å². The fourth-order valence-electron chi connectivity index (χ4n) is 2.29. The Morgan fingerprint density at radius 1 is 1.14 bits per heavy atom. The summed E-state index contributed by atoms with van der Waals surface area (Å²) in [7, 11) is 0. The second-order valence-electron chi connectivity index (χ2n) is 5.41. The molecule has 0 saturated carbocycles. The van der Waals surface area contributed by atoms with Crippen molar-refractivity contribution in [3.05, 3.63) is 63.4 Å². The van der Waals surface area contributed by atoms with Gasteiger partial charge in [0.2, 0.25) is 5.71 Å². The summed E-state index contributed by atoms with van der Waals surface area (Å²) in [5.41, 5.74) is 2.56. The number of carbonyl (C=O) groups excluding carboxylic acids is 1. The lowest BCUT2D eigenvalue weighted by Crippen LogP contribution is -2.34. The molecule has 2 aromatic rings. The van der Waals surface area contributed by atoms with Crippen LogP contribution in [0.5, 0.6) is 0 Å². The zero-order chi connectivity index (χ0) is 21.6. The van der Waals surface area contributed by atoms with Gasteiger partial charge in [-0.2, -0.15) is 15.6 Å². The number of hydrazone groups is 1. The molecule has 0 aliphatic rings. The van der Waals surface area contributed by atoms with Crippen molar-refractivity contribution in [1.29, 1.82) is 10.5 Å². The van der Waals surface area contributed by atoms with Gasteiger partial charge >= 0.3 is 6.09 Å². The lowest BCUT2D eigenvalue weighted by Gasteiger charge is -2.15. The van der Waals surface area contributed by atoms with Crippen LogP contribution in [0.3, 0.4) is 0 Å². The number of nitriles is 2. The second-order valence-corrected chi connectivity index (χ2v) is 6.22. The van der Waals surface area contributed by atoms with Crippen LogP contribution in [0.2, 0.25) is 10.0 Å². The van der Waals surface area contributed by atoms with E-state index in [2.05, 4.69) is 16.6 Å². The van der Waals surface area contributed by atoms with E-state index in [4.69, 9.17) is 33.6 Å². The molecular weight excluding hydrogens is 424 g/mol.